The molecule has 1 amide bonds. The van der Waals surface area contributed by atoms with E-state index in [-0.39, 0.29) is 10.8 Å². The number of nitrogens with zero attached hydrogens (tertiary/aromatic N) is 2. The van der Waals surface area contributed by atoms with Crippen LogP contribution in [0.3, 0.4) is 0 Å². The number of aryl methyl sites for hydroxylation is 1. The van der Waals surface area contributed by atoms with Gasteiger partial charge in [0.05, 0.1) is 17.7 Å². The highest BCUT2D eigenvalue weighted by molar-refractivity contribution is 7.89. The molecule has 0 bridgehead atoms. The van der Waals surface area contributed by atoms with Crippen molar-refractivity contribution in [3.8, 4) is 5.75 Å². The number of amides is 1. The van der Waals surface area contributed by atoms with Gasteiger partial charge in [0, 0.05) is 33.1 Å². The number of ether oxygens (including phenoxy) is 1. The van der Waals surface area contributed by atoms with Gasteiger partial charge in [0.2, 0.25) is 15.9 Å². The molecule has 1 fully saturated rings. The zero-order valence-corrected chi connectivity index (χ0v) is 18.5. The van der Waals surface area contributed by atoms with Crippen LogP contribution in [0.4, 0.5) is 5.69 Å². The monoisotopic (exact) mass is 431 g/mol. The van der Waals surface area contributed by atoms with E-state index in [2.05, 4.69) is 41.4 Å². The highest BCUT2D eigenvalue weighted by atomic mass is 32.2. The average Bonchev–Trinajstić information content (AvgIpc) is 2.95. The zero-order valence-electron chi connectivity index (χ0n) is 17.7. The molecule has 0 atom stereocenters. The van der Waals surface area contributed by atoms with E-state index in [1.165, 1.54) is 41.6 Å². The second kappa shape index (κ2) is 9.59. The molecule has 0 radical (unpaired) electrons. The van der Waals surface area contributed by atoms with Crippen LogP contribution in [0.1, 0.15) is 24.5 Å². The molecule has 1 aliphatic rings. The molecule has 0 aliphatic carbocycles. The minimum Gasteiger partial charge on any atom is -0.495 e. The van der Waals surface area contributed by atoms with E-state index < -0.39 is 10.0 Å². The molecule has 2 aromatic rings. The first-order valence-electron chi connectivity index (χ1n) is 10.0. The molecule has 0 unspecified atom stereocenters. The minimum absolute atomic E-state index is 0.152. The molecular weight excluding hydrogens is 402 g/mol. The minimum atomic E-state index is -3.67. The molecular formula is C22H29N3O4S. The standard InChI is InChI=1S/C22H29N3O4S/c1-17-5-7-19(8-6-17)16-24-11-4-12-25(14-13-24)30(27,28)20-9-10-22(29-3)21(15-20)23-18(2)26/h5-10,15H,4,11-14,16H2,1-3H3,(H,23,26). The summed E-state index contributed by atoms with van der Waals surface area (Å²) < 4.78 is 33.2. The number of carbonyl (C=O) groups excluding carboxylic acids is 1. The second-order valence-corrected chi connectivity index (χ2v) is 9.50. The highest BCUT2D eigenvalue weighted by Crippen LogP contribution is 2.29. The summed E-state index contributed by atoms with van der Waals surface area (Å²) in [5.41, 5.74) is 2.80. The smallest absolute Gasteiger partial charge is 0.243 e. The van der Waals surface area contributed by atoms with Crippen molar-refractivity contribution in [1.82, 2.24) is 9.21 Å². The number of carbonyl (C=O) groups is 1. The Bertz CT molecular complexity index is 990. The molecule has 7 nitrogen and oxygen atoms in total. The summed E-state index contributed by atoms with van der Waals surface area (Å²) in [4.78, 5) is 13.9. The number of nitrogens with one attached hydrogen (secondary N) is 1. The van der Waals surface area contributed by atoms with Gasteiger partial charge in [-0.3, -0.25) is 9.69 Å². The van der Waals surface area contributed by atoms with Crippen LogP contribution in [0.15, 0.2) is 47.4 Å². The molecule has 0 saturated carbocycles. The van der Waals surface area contributed by atoms with Crippen LogP contribution in [0.2, 0.25) is 0 Å². The van der Waals surface area contributed by atoms with Gasteiger partial charge in [-0.25, -0.2) is 8.42 Å². The summed E-state index contributed by atoms with van der Waals surface area (Å²) in [5.74, 6) is 0.133. The van der Waals surface area contributed by atoms with Crippen molar-refractivity contribution in [2.75, 3.05) is 38.6 Å². The predicted molar refractivity (Wildman–Crippen MR) is 117 cm³/mol. The molecule has 162 valence electrons. The van der Waals surface area contributed by atoms with Gasteiger partial charge in [0.25, 0.3) is 0 Å². The summed E-state index contributed by atoms with van der Waals surface area (Å²) >= 11 is 0. The van der Waals surface area contributed by atoms with Crippen molar-refractivity contribution < 1.29 is 17.9 Å². The third kappa shape index (κ3) is 5.38. The van der Waals surface area contributed by atoms with E-state index in [0.717, 1.165) is 19.5 Å². The normalized spacial score (nSPS) is 16.1. The summed E-state index contributed by atoms with van der Waals surface area (Å²) in [6.07, 6.45) is 0.764. The maximum absolute atomic E-state index is 13.2. The van der Waals surface area contributed by atoms with Crippen molar-refractivity contribution in [3.63, 3.8) is 0 Å². The van der Waals surface area contributed by atoms with E-state index in [0.29, 0.717) is 31.1 Å². The average molecular weight is 432 g/mol. The predicted octanol–water partition coefficient (Wildman–Crippen LogP) is 2.86. The Balaban J connectivity index is 1.73. The Morgan fingerprint density at radius 3 is 2.47 bits per heavy atom. The van der Waals surface area contributed by atoms with Gasteiger partial charge in [0.1, 0.15) is 5.75 Å². The van der Waals surface area contributed by atoms with Gasteiger partial charge in [-0.15, -0.1) is 0 Å². The van der Waals surface area contributed by atoms with Gasteiger partial charge in [-0.05, 0) is 43.7 Å². The Morgan fingerprint density at radius 2 is 1.80 bits per heavy atom. The highest BCUT2D eigenvalue weighted by Gasteiger charge is 2.27. The van der Waals surface area contributed by atoms with Gasteiger partial charge in [-0.2, -0.15) is 4.31 Å². The number of anilines is 1. The second-order valence-electron chi connectivity index (χ2n) is 7.56. The fourth-order valence-corrected chi connectivity index (χ4v) is 5.08. The number of benzene rings is 2. The van der Waals surface area contributed by atoms with Gasteiger partial charge < -0.3 is 10.1 Å². The van der Waals surface area contributed by atoms with E-state index in [1.54, 1.807) is 6.07 Å². The largest absolute Gasteiger partial charge is 0.495 e. The quantitative estimate of drug-likeness (QED) is 0.761. The third-order valence-corrected chi connectivity index (χ3v) is 7.09. The summed E-state index contributed by atoms with van der Waals surface area (Å²) in [7, 11) is -2.19. The SMILES string of the molecule is COc1ccc(S(=O)(=O)N2CCCN(Cc3ccc(C)cc3)CC2)cc1NC(C)=O. The van der Waals surface area contributed by atoms with Gasteiger partial charge in [-0.1, -0.05) is 29.8 Å². The lowest BCUT2D eigenvalue weighted by atomic mass is 10.1. The fraction of sp³-hybridized carbons (Fsp3) is 0.409. The van der Waals surface area contributed by atoms with Gasteiger partial charge >= 0.3 is 0 Å². The Morgan fingerprint density at radius 1 is 1.07 bits per heavy atom. The molecule has 0 spiro atoms. The van der Waals surface area contributed by atoms with E-state index in [4.69, 9.17) is 4.74 Å². The zero-order chi connectivity index (χ0) is 21.7. The summed E-state index contributed by atoms with van der Waals surface area (Å²) in [6.45, 7) is 6.65. The topological polar surface area (TPSA) is 79.0 Å². The molecule has 1 heterocycles. The van der Waals surface area contributed by atoms with Crippen molar-refractivity contribution in [1.29, 1.82) is 0 Å². The number of hydrogen-bond donors (Lipinski definition) is 1. The van der Waals surface area contributed by atoms with Crippen molar-refractivity contribution >= 4 is 21.6 Å². The van der Waals surface area contributed by atoms with Crippen LogP contribution >= 0.6 is 0 Å². The Labute approximate surface area is 178 Å². The van der Waals surface area contributed by atoms with Crippen molar-refractivity contribution in [3.05, 3.63) is 53.6 Å². The molecule has 30 heavy (non-hydrogen) atoms. The number of rotatable bonds is 6. The lowest BCUT2D eigenvalue weighted by molar-refractivity contribution is -0.114. The van der Waals surface area contributed by atoms with E-state index in [1.807, 2.05) is 0 Å². The lowest BCUT2D eigenvalue weighted by Crippen LogP contribution is -2.35. The Hall–Kier alpha value is -2.42. The van der Waals surface area contributed by atoms with Crippen molar-refractivity contribution in [2.45, 2.75) is 31.7 Å². The maximum atomic E-state index is 13.2. The lowest BCUT2D eigenvalue weighted by Gasteiger charge is -2.22. The summed E-state index contributed by atoms with van der Waals surface area (Å²) in [5, 5.41) is 2.64. The first-order valence-corrected chi connectivity index (χ1v) is 11.5. The first-order chi connectivity index (χ1) is 14.3. The molecule has 8 heteroatoms. The van der Waals surface area contributed by atoms with Crippen LogP contribution in [-0.4, -0.2) is 56.8 Å². The van der Waals surface area contributed by atoms with E-state index in [9.17, 15) is 13.2 Å². The molecule has 0 aromatic heterocycles. The molecule has 1 saturated heterocycles. The van der Waals surface area contributed by atoms with E-state index >= 15 is 0 Å². The van der Waals surface area contributed by atoms with Crippen LogP contribution in [0.5, 0.6) is 5.75 Å². The van der Waals surface area contributed by atoms with Gasteiger partial charge in [0.15, 0.2) is 0 Å². The van der Waals surface area contributed by atoms with Crippen molar-refractivity contribution in [2.24, 2.45) is 0 Å². The fourth-order valence-electron chi connectivity index (χ4n) is 3.58. The molecule has 3 rings (SSSR count). The molecule has 1 N–H and O–H groups in total. The maximum Gasteiger partial charge on any atom is 0.243 e. The molecule has 1 aliphatic heterocycles. The first kappa shape index (κ1) is 22.3. The van der Waals surface area contributed by atoms with Crippen LogP contribution < -0.4 is 10.1 Å². The third-order valence-electron chi connectivity index (χ3n) is 5.19. The number of methoxy groups -OCH3 is 1. The number of sulfonamides is 1. The Kier molecular flexibility index (Phi) is 7.12. The summed E-state index contributed by atoms with van der Waals surface area (Å²) in [6, 6.07) is 13.0. The molecule has 2 aromatic carbocycles. The van der Waals surface area contributed by atoms with Crippen LogP contribution in [0.25, 0.3) is 0 Å². The van der Waals surface area contributed by atoms with Crippen LogP contribution in [0, 0.1) is 6.92 Å². The number of hydrogen-bond acceptors (Lipinski definition) is 5. The van der Waals surface area contributed by atoms with Crippen LogP contribution in [-0.2, 0) is 21.4 Å².